The fraction of sp³-hybridized carbons (Fsp3) is 0.182. The van der Waals surface area contributed by atoms with Crippen molar-refractivity contribution >= 4 is 23.6 Å². The van der Waals surface area contributed by atoms with E-state index < -0.39 is 10.9 Å². The molecule has 0 bridgehead atoms. The molecule has 1 aliphatic rings. The third-order valence-corrected chi connectivity index (χ3v) is 2.14. The van der Waals surface area contributed by atoms with E-state index in [1.54, 1.807) is 18.2 Å². The van der Waals surface area contributed by atoms with Gasteiger partial charge in [0.1, 0.15) is 5.75 Å². The SMILES string of the molecule is CC(=O)O.O=[N+]([O-])C1=Cc2cc(Cl)ccc2OC1. The van der Waals surface area contributed by atoms with Crippen molar-refractivity contribution in [1.82, 2.24) is 0 Å². The lowest BCUT2D eigenvalue weighted by Gasteiger charge is -2.12. The molecule has 2 rings (SSSR count). The smallest absolute Gasteiger partial charge is 0.300 e. The van der Waals surface area contributed by atoms with Crippen molar-refractivity contribution in [3.63, 3.8) is 0 Å². The van der Waals surface area contributed by atoms with Gasteiger partial charge in [0.2, 0.25) is 0 Å². The fourth-order valence-electron chi connectivity index (χ4n) is 1.24. The predicted octanol–water partition coefficient (Wildman–Crippen LogP) is 2.44. The standard InChI is InChI=1S/C9H6ClNO3.C2H4O2/c10-7-1-2-9-6(3-7)4-8(5-14-9)11(12)13;1-2(3)4/h1-4H,5H2;1H3,(H,3,4). The molecule has 6 nitrogen and oxygen atoms in total. The molecule has 1 aromatic carbocycles. The summed E-state index contributed by atoms with van der Waals surface area (Å²) in [6, 6.07) is 5.02. The summed E-state index contributed by atoms with van der Waals surface area (Å²) in [7, 11) is 0. The van der Waals surface area contributed by atoms with Crippen LogP contribution in [0.25, 0.3) is 6.08 Å². The second-order valence-corrected chi connectivity index (χ2v) is 3.82. The number of carbonyl (C=O) groups is 1. The Morgan fingerprint density at radius 3 is 2.72 bits per heavy atom. The Morgan fingerprint density at radius 1 is 1.56 bits per heavy atom. The van der Waals surface area contributed by atoms with Gasteiger partial charge in [-0.15, -0.1) is 0 Å². The molecule has 1 heterocycles. The van der Waals surface area contributed by atoms with Crippen LogP contribution in [0.2, 0.25) is 5.02 Å². The van der Waals surface area contributed by atoms with Crippen LogP contribution in [0.5, 0.6) is 5.75 Å². The van der Waals surface area contributed by atoms with Gasteiger partial charge >= 0.3 is 0 Å². The number of nitro groups is 1. The molecule has 1 N–H and O–H groups in total. The first-order chi connectivity index (χ1) is 8.40. The van der Waals surface area contributed by atoms with Crippen LogP contribution >= 0.6 is 11.6 Å². The summed E-state index contributed by atoms with van der Waals surface area (Å²) >= 11 is 5.75. The summed E-state index contributed by atoms with van der Waals surface area (Å²) in [5, 5.41) is 18.4. The van der Waals surface area contributed by atoms with Crippen LogP contribution in [0.4, 0.5) is 0 Å². The molecule has 96 valence electrons. The van der Waals surface area contributed by atoms with Crippen molar-refractivity contribution in [2.75, 3.05) is 6.61 Å². The molecule has 0 fully saturated rings. The minimum atomic E-state index is -0.833. The Morgan fingerprint density at radius 2 is 2.17 bits per heavy atom. The van der Waals surface area contributed by atoms with Gasteiger partial charge in [-0.05, 0) is 18.2 Å². The lowest BCUT2D eigenvalue weighted by Crippen LogP contribution is -2.13. The van der Waals surface area contributed by atoms with Crippen molar-refractivity contribution in [1.29, 1.82) is 0 Å². The maximum atomic E-state index is 10.5. The van der Waals surface area contributed by atoms with Gasteiger partial charge in [0.05, 0.1) is 4.92 Å². The molecule has 0 aromatic heterocycles. The Labute approximate surface area is 108 Å². The average molecular weight is 272 g/mol. The van der Waals surface area contributed by atoms with E-state index in [9.17, 15) is 10.1 Å². The zero-order valence-corrected chi connectivity index (χ0v) is 10.2. The van der Waals surface area contributed by atoms with Gasteiger partial charge in [0.25, 0.3) is 11.7 Å². The number of halogens is 1. The van der Waals surface area contributed by atoms with Gasteiger partial charge in [-0.2, -0.15) is 0 Å². The molecule has 0 saturated heterocycles. The molecular formula is C11H10ClNO5. The molecule has 0 atom stereocenters. The van der Waals surface area contributed by atoms with Gasteiger partial charge in [-0.1, -0.05) is 11.6 Å². The number of rotatable bonds is 1. The third kappa shape index (κ3) is 4.06. The summed E-state index contributed by atoms with van der Waals surface area (Å²) < 4.78 is 5.18. The van der Waals surface area contributed by atoms with Gasteiger partial charge in [-0.3, -0.25) is 14.9 Å². The molecule has 18 heavy (non-hydrogen) atoms. The highest BCUT2D eigenvalue weighted by molar-refractivity contribution is 6.30. The number of hydrogen-bond acceptors (Lipinski definition) is 4. The van der Waals surface area contributed by atoms with Gasteiger partial charge in [0, 0.05) is 23.6 Å². The number of ether oxygens (including phenoxy) is 1. The Balaban J connectivity index is 0.000000357. The molecule has 7 heteroatoms. The Hall–Kier alpha value is -2.08. The minimum absolute atomic E-state index is 0.00162. The van der Waals surface area contributed by atoms with Crippen LogP contribution in [0.1, 0.15) is 12.5 Å². The number of nitrogens with zero attached hydrogens (tertiary/aromatic N) is 1. The maximum Gasteiger partial charge on any atom is 0.300 e. The van der Waals surface area contributed by atoms with Crippen LogP contribution in [0.15, 0.2) is 23.9 Å². The zero-order valence-electron chi connectivity index (χ0n) is 9.42. The van der Waals surface area contributed by atoms with Crippen molar-refractivity contribution in [3.8, 4) is 5.75 Å². The molecule has 0 saturated carbocycles. The lowest BCUT2D eigenvalue weighted by molar-refractivity contribution is -0.427. The summed E-state index contributed by atoms with van der Waals surface area (Å²) in [4.78, 5) is 19.0. The van der Waals surface area contributed by atoms with E-state index in [0.717, 1.165) is 6.92 Å². The number of carboxylic acids is 1. The van der Waals surface area contributed by atoms with Crippen LogP contribution in [-0.2, 0) is 4.79 Å². The largest absolute Gasteiger partial charge is 0.482 e. The van der Waals surface area contributed by atoms with Crippen LogP contribution in [-0.4, -0.2) is 22.6 Å². The molecule has 0 aliphatic carbocycles. The van der Waals surface area contributed by atoms with Crippen molar-refractivity contribution in [2.24, 2.45) is 0 Å². The third-order valence-electron chi connectivity index (χ3n) is 1.90. The van der Waals surface area contributed by atoms with E-state index in [1.807, 2.05) is 0 Å². The fourth-order valence-corrected chi connectivity index (χ4v) is 1.42. The number of carboxylic acid groups (broad SMARTS) is 1. The number of aliphatic carboxylic acids is 1. The van der Waals surface area contributed by atoms with E-state index in [-0.39, 0.29) is 12.3 Å². The van der Waals surface area contributed by atoms with E-state index in [2.05, 4.69) is 0 Å². The molecule has 1 aliphatic heterocycles. The van der Waals surface area contributed by atoms with E-state index >= 15 is 0 Å². The maximum absolute atomic E-state index is 10.5. The van der Waals surface area contributed by atoms with Crippen LogP contribution in [0.3, 0.4) is 0 Å². The lowest BCUT2D eigenvalue weighted by atomic mass is 10.1. The van der Waals surface area contributed by atoms with E-state index in [0.29, 0.717) is 16.3 Å². The van der Waals surface area contributed by atoms with Gasteiger partial charge in [-0.25, -0.2) is 0 Å². The van der Waals surface area contributed by atoms with Crippen molar-refractivity contribution < 1.29 is 19.6 Å². The second kappa shape index (κ2) is 6.02. The monoisotopic (exact) mass is 271 g/mol. The summed E-state index contributed by atoms with van der Waals surface area (Å²) in [6.07, 6.45) is 1.48. The summed E-state index contributed by atoms with van der Waals surface area (Å²) in [5.74, 6) is -0.208. The highest BCUT2D eigenvalue weighted by Crippen LogP contribution is 2.28. The molecule has 1 aromatic rings. The highest BCUT2D eigenvalue weighted by atomic mass is 35.5. The average Bonchev–Trinajstić information content (AvgIpc) is 2.27. The van der Waals surface area contributed by atoms with Crippen LogP contribution < -0.4 is 4.74 Å². The molecule has 0 amide bonds. The quantitative estimate of drug-likeness (QED) is 0.626. The van der Waals surface area contributed by atoms with Crippen molar-refractivity contribution in [2.45, 2.75) is 6.92 Å². The number of benzene rings is 1. The molecule has 0 radical (unpaired) electrons. The van der Waals surface area contributed by atoms with Gasteiger partial charge < -0.3 is 9.84 Å². The normalized spacial score (nSPS) is 12.2. The molecular weight excluding hydrogens is 262 g/mol. The van der Waals surface area contributed by atoms with Crippen molar-refractivity contribution in [3.05, 3.63) is 44.6 Å². The highest BCUT2D eigenvalue weighted by Gasteiger charge is 2.19. The van der Waals surface area contributed by atoms with E-state index in [4.69, 9.17) is 26.2 Å². The minimum Gasteiger partial charge on any atom is -0.482 e. The van der Waals surface area contributed by atoms with Gasteiger partial charge in [0.15, 0.2) is 6.61 Å². The first kappa shape index (κ1) is 14.0. The second-order valence-electron chi connectivity index (χ2n) is 3.38. The number of fused-ring (bicyclic) bond motifs is 1. The summed E-state index contributed by atoms with van der Waals surface area (Å²) in [5.41, 5.74) is 0.690. The Bertz CT molecular complexity index is 508. The topological polar surface area (TPSA) is 89.7 Å². The first-order valence-electron chi connectivity index (χ1n) is 4.87. The van der Waals surface area contributed by atoms with Crippen LogP contribution in [0, 0.1) is 10.1 Å². The molecule has 0 unspecified atom stereocenters. The zero-order chi connectivity index (χ0) is 13.7. The number of hydrogen-bond donors (Lipinski definition) is 1. The predicted molar refractivity (Wildman–Crippen MR) is 65.2 cm³/mol. The molecule has 0 spiro atoms. The van der Waals surface area contributed by atoms with E-state index in [1.165, 1.54) is 6.08 Å². The summed E-state index contributed by atoms with van der Waals surface area (Å²) in [6.45, 7) is 1.08. The first-order valence-corrected chi connectivity index (χ1v) is 5.25. The Kier molecular flexibility index (Phi) is 4.67.